The average molecular weight is 325 g/mol. The number of esters is 1. The summed E-state index contributed by atoms with van der Waals surface area (Å²) in [7, 11) is 3.10. The maximum absolute atomic E-state index is 12.5. The van der Waals surface area contributed by atoms with Gasteiger partial charge in [-0.25, -0.2) is 4.79 Å². The first kappa shape index (κ1) is 16.1. The Labute approximate surface area is 140 Å². The summed E-state index contributed by atoms with van der Waals surface area (Å²) in [6.07, 6.45) is 0.538. The zero-order valence-corrected chi connectivity index (χ0v) is 13.7. The first-order valence-corrected chi connectivity index (χ1v) is 7.77. The lowest BCUT2D eigenvalue weighted by Gasteiger charge is -2.31. The van der Waals surface area contributed by atoms with Crippen LogP contribution in [0.4, 0.5) is 5.69 Å². The summed E-state index contributed by atoms with van der Waals surface area (Å²) in [5, 5.41) is 0. The van der Waals surface area contributed by atoms with Crippen molar-refractivity contribution in [3.8, 4) is 5.75 Å². The van der Waals surface area contributed by atoms with E-state index in [1.54, 1.807) is 30.1 Å². The minimum absolute atomic E-state index is 0.0178. The average Bonchev–Trinajstić information content (AvgIpc) is 2.63. The number of nitrogens with zero attached hydrogens (tertiary/aromatic N) is 1. The highest BCUT2D eigenvalue weighted by molar-refractivity contribution is 5.99. The van der Waals surface area contributed by atoms with Gasteiger partial charge in [-0.2, -0.15) is 0 Å². The van der Waals surface area contributed by atoms with E-state index in [0.29, 0.717) is 18.6 Å². The molecule has 1 amide bonds. The number of carbonyl (C=O) groups is 2. The van der Waals surface area contributed by atoms with Gasteiger partial charge in [0.05, 0.1) is 18.6 Å². The van der Waals surface area contributed by atoms with Crippen molar-refractivity contribution in [2.45, 2.75) is 6.42 Å². The molecule has 2 aromatic rings. The zero-order chi connectivity index (χ0) is 17.1. The number of rotatable bonds is 4. The van der Waals surface area contributed by atoms with Gasteiger partial charge in [-0.05, 0) is 42.3 Å². The Bertz CT molecular complexity index is 757. The lowest BCUT2D eigenvalue weighted by Crippen LogP contribution is -2.41. The van der Waals surface area contributed by atoms with Crippen molar-refractivity contribution in [3.63, 3.8) is 0 Å². The van der Waals surface area contributed by atoms with Gasteiger partial charge in [-0.15, -0.1) is 0 Å². The molecule has 1 aliphatic rings. The molecule has 1 heterocycles. The Morgan fingerprint density at radius 3 is 2.67 bits per heavy atom. The van der Waals surface area contributed by atoms with Crippen molar-refractivity contribution in [1.82, 2.24) is 0 Å². The second-order valence-electron chi connectivity index (χ2n) is 5.76. The van der Waals surface area contributed by atoms with Gasteiger partial charge in [0, 0.05) is 12.7 Å². The van der Waals surface area contributed by atoms with E-state index >= 15 is 0 Å². The van der Waals surface area contributed by atoms with Crippen LogP contribution in [0, 0.1) is 5.92 Å². The van der Waals surface area contributed by atoms with Gasteiger partial charge < -0.3 is 14.4 Å². The molecule has 0 fully saturated rings. The van der Waals surface area contributed by atoms with Crippen LogP contribution in [0.2, 0.25) is 0 Å². The molecule has 0 spiro atoms. The van der Waals surface area contributed by atoms with Crippen LogP contribution in [-0.4, -0.2) is 32.6 Å². The molecule has 0 saturated carbocycles. The maximum atomic E-state index is 12.5. The summed E-state index contributed by atoms with van der Waals surface area (Å²) >= 11 is 0. The largest absolute Gasteiger partial charge is 0.493 e. The zero-order valence-electron chi connectivity index (χ0n) is 13.7. The van der Waals surface area contributed by atoms with Gasteiger partial charge in [-0.1, -0.05) is 18.2 Å². The topological polar surface area (TPSA) is 55.8 Å². The quantitative estimate of drug-likeness (QED) is 0.811. The lowest BCUT2D eigenvalue weighted by molar-refractivity contribution is -0.123. The first-order valence-electron chi connectivity index (χ1n) is 7.77. The minimum atomic E-state index is -0.380. The van der Waals surface area contributed by atoms with Crippen LogP contribution in [0.5, 0.6) is 5.75 Å². The summed E-state index contributed by atoms with van der Waals surface area (Å²) in [5.74, 6) is 0.0938. The molecule has 5 heteroatoms. The van der Waals surface area contributed by atoms with Crippen molar-refractivity contribution >= 4 is 17.6 Å². The fraction of sp³-hybridized carbons (Fsp3) is 0.263. The number of anilines is 1. The molecule has 1 unspecified atom stereocenters. The molecule has 0 radical (unpaired) electrons. The third-order valence-corrected chi connectivity index (χ3v) is 4.20. The summed E-state index contributed by atoms with van der Waals surface area (Å²) in [5.41, 5.74) is 2.26. The summed E-state index contributed by atoms with van der Waals surface area (Å²) in [6.45, 7) is 0.301. The number of hydrogen-bond donors (Lipinski definition) is 0. The summed E-state index contributed by atoms with van der Waals surface area (Å²) < 4.78 is 10.5. The van der Waals surface area contributed by atoms with Crippen molar-refractivity contribution < 1.29 is 19.1 Å². The van der Waals surface area contributed by atoms with Crippen LogP contribution in [0.1, 0.15) is 15.9 Å². The fourth-order valence-corrected chi connectivity index (χ4v) is 2.91. The number of hydrogen-bond acceptors (Lipinski definition) is 4. The third kappa shape index (κ3) is 3.11. The number of amides is 1. The van der Waals surface area contributed by atoms with Gasteiger partial charge in [0.25, 0.3) is 0 Å². The molecule has 0 N–H and O–H groups in total. The Kier molecular flexibility index (Phi) is 4.51. The van der Waals surface area contributed by atoms with E-state index in [9.17, 15) is 9.59 Å². The van der Waals surface area contributed by atoms with Gasteiger partial charge in [0.2, 0.25) is 5.91 Å². The molecular formula is C19H19NO4. The second-order valence-corrected chi connectivity index (χ2v) is 5.76. The number of ether oxygens (including phenoxy) is 2. The molecule has 1 aliphatic heterocycles. The van der Waals surface area contributed by atoms with Crippen molar-refractivity contribution in [2.75, 3.05) is 25.7 Å². The Morgan fingerprint density at radius 2 is 1.96 bits per heavy atom. The summed E-state index contributed by atoms with van der Waals surface area (Å²) in [6, 6.07) is 14.7. The highest BCUT2D eigenvalue weighted by atomic mass is 16.5. The molecule has 3 rings (SSSR count). The van der Waals surface area contributed by atoms with Crippen LogP contribution >= 0.6 is 0 Å². The second kappa shape index (κ2) is 6.74. The van der Waals surface area contributed by atoms with Crippen molar-refractivity contribution in [1.29, 1.82) is 0 Å². The Morgan fingerprint density at radius 1 is 1.21 bits per heavy atom. The lowest BCUT2D eigenvalue weighted by atomic mass is 9.91. The van der Waals surface area contributed by atoms with E-state index in [1.807, 2.05) is 30.3 Å². The van der Waals surface area contributed by atoms with Crippen LogP contribution in [0.25, 0.3) is 0 Å². The molecule has 1 atom stereocenters. The number of benzene rings is 2. The normalized spacial score (nSPS) is 16.5. The van der Waals surface area contributed by atoms with Gasteiger partial charge in [0.15, 0.2) is 0 Å². The third-order valence-electron chi connectivity index (χ3n) is 4.20. The SMILES string of the molecule is COC(=O)c1ccc2c(c1)CC(COc1ccccc1)C(=O)N2C. The molecule has 0 aromatic heterocycles. The highest BCUT2D eigenvalue weighted by Gasteiger charge is 2.31. The summed E-state index contributed by atoms with van der Waals surface area (Å²) in [4.78, 5) is 25.9. The van der Waals surface area contributed by atoms with Crippen molar-refractivity contribution in [3.05, 3.63) is 59.7 Å². The number of para-hydroxylation sites is 1. The van der Waals surface area contributed by atoms with Crippen molar-refractivity contribution in [2.24, 2.45) is 5.92 Å². The molecule has 124 valence electrons. The van der Waals surface area contributed by atoms with Gasteiger partial charge >= 0.3 is 5.97 Å². The van der Waals surface area contributed by atoms with Gasteiger partial charge in [0.1, 0.15) is 12.4 Å². The van der Waals surface area contributed by atoms with E-state index < -0.39 is 0 Å². The van der Waals surface area contributed by atoms with Crippen LogP contribution < -0.4 is 9.64 Å². The molecule has 0 saturated heterocycles. The standard InChI is InChI=1S/C19H19NO4/c1-20-17-9-8-13(19(22)23-2)10-14(17)11-15(18(20)21)12-24-16-6-4-3-5-7-16/h3-10,15H,11-12H2,1-2H3. The highest BCUT2D eigenvalue weighted by Crippen LogP contribution is 2.31. The van der Waals surface area contributed by atoms with Crippen LogP contribution in [-0.2, 0) is 16.0 Å². The predicted octanol–water partition coefficient (Wildman–Crippen LogP) is 2.69. The Balaban J connectivity index is 1.80. The molecule has 24 heavy (non-hydrogen) atoms. The number of methoxy groups -OCH3 is 1. The van der Waals surface area contributed by atoms with E-state index in [-0.39, 0.29) is 17.8 Å². The molecule has 0 aliphatic carbocycles. The van der Waals surface area contributed by atoms with E-state index in [1.165, 1.54) is 7.11 Å². The minimum Gasteiger partial charge on any atom is -0.493 e. The number of fused-ring (bicyclic) bond motifs is 1. The van der Waals surface area contributed by atoms with Gasteiger partial charge in [-0.3, -0.25) is 4.79 Å². The van der Waals surface area contributed by atoms with Crippen LogP contribution in [0.3, 0.4) is 0 Å². The molecule has 2 aromatic carbocycles. The molecule has 0 bridgehead atoms. The smallest absolute Gasteiger partial charge is 0.337 e. The van der Waals surface area contributed by atoms with E-state index in [2.05, 4.69) is 0 Å². The molecular weight excluding hydrogens is 306 g/mol. The predicted molar refractivity (Wildman–Crippen MR) is 90.3 cm³/mol. The monoisotopic (exact) mass is 325 g/mol. The Hall–Kier alpha value is -2.82. The first-order chi connectivity index (χ1) is 11.6. The number of carbonyl (C=O) groups excluding carboxylic acids is 2. The maximum Gasteiger partial charge on any atom is 0.337 e. The van der Waals surface area contributed by atoms with E-state index in [0.717, 1.165) is 17.0 Å². The molecule has 5 nitrogen and oxygen atoms in total. The van der Waals surface area contributed by atoms with Crippen LogP contribution in [0.15, 0.2) is 48.5 Å². The van der Waals surface area contributed by atoms with E-state index in [4.69, 9.17) is 9.47 Å². The fourth-order valence-electron chi connectivity index (χ4n) is 2.91.